The molecule has 0 aromatic carbocycles. The fraction of sp³-hybridized carbons (Fsp3) is 0.857. The standard InChI is InChI=1S/C14H30N4O2/c1-6-18(7-2)12(15)16-10-8-9-11-17-13(19)20-14(3,4)5/h6-11H2,1-5H3,(H2,15,16)(H,17,19). The van der Waals surface area contributed by atoms with Gasteiger partial charge in [0, 0.05) is 26.2 Å². The first-order chi connectivity index (χ1) is 9.30. The number of hydrogen-bond acceptors (Lipinski definition) is 3. The molecule has 0 bridgehead atoms. The van der Waals surface area contributed by atoms with Crippen LogP contribution in [0.2, 0.25) is 0 Å². The Hall–Kier alpha value is -1.46. The fourth-order valence-corrected chi connectivity index (χ4v) is 1.58. The summed E-state index contributed by atoms with van der Waals surface area (Å²) in [5, 5.41) is 2.72. The second kappa shape index (κ2) is 9.44. The first-order valence-corrected chi connectivity index (χ1v) is 7.31. The van der Waals surface area contributed by atoms with E-state index >= 15 is 0 Å². The number of guanidine groups is 1. The molecule has 20 heavy (non-hydrogen) atoms. The predicted molar refractivity (Wildman–Crippen MR) is 82.9 cm³/mol. The summed E-state index contributed by atoms with van der Waals surface area (Å²) in [6, 6.07) is 0. The van der Waals surface area contributed by atoms with Crippen molar-refractivity contribution in [2.45, 2.75) is 53.1 Å². The number of carbonyl (C=O) groups is 1. The van der Waals surface area contributed by atoms with Gasteiger partial charge in [-0.25, -0.2) is 4.79 Å². The van der Waals surface area contributed by atoms with Crippen LogP contribution in [0.25, 0.3) is 0 Å². The Morgan fingerprint density at radius 3 is 2.35 bits per heavy atom. The van der Waals surface area contributed by atoms with Gasteiger partial charge < -0.3 is 20.7 Å². The SMILES string of the molecule is CCN(CC)C(N)=NCCCCNC(=O)OC(C)(C)C. The normalized spacial score (nSPS) is 12.2. The third-order valence-electron chi connectivity index (χ3n) is 2.61. The molecule has 3 N–H and O–H groups in total. The number of nitrogens with zero attached hydrogens (tertiary/aromatic N) is 2. The van der Waals surface area contributed by atoms with Gasteiger partial charge >= 0.3 is 6.09 Å². The van der Waals surface area contributed by atoms with Gasteiger partial charge in [-0.3, -0.25) is 4.99 Å². The molecular weight excluding hydrogens is 256 g/mol. The number of unbranched alkanes of at least 4 members (excludes halogenated alkanes) is 1. The number of rotatable bonds is 7. The number of alkyl carbamates (subject to hydrolysis) is 1. The maximum Gasteiger partial charge on any atom is 0.407 e. The maximum absolute atomic E-state index is 11.4. The summed E-state index contributed by atoms with van der Waals surface area (Å²) >= 11 is 0. The van der Waals surface area contributed by atoms with Crippen LogP contribution in [0, 0.1) is 0 Å². The Morgan fingerprint density at radius 2 is 1.85 bits per heavy atom. The first-order valence-electron chi connectivity index (χ1n) is 7.31. The minimum Gasteiger partial charge on any atom is -0.444 e. The molecule has 0 fully saturated rings. The predicted octanol–water partition coefficient (Wildman–Crippen LogP) is 1.95. The Bertz CT molecular complexity index is 307. The molecule has 6 heteroatoms. The van der Waals surface area contributed by atoms with E-state index in [0.29, 0.717) is 19.0 Å². The average molecular weight is 286 g/mol. The van der Waals surface area contributed by atoms with E-state index in [4.69, 9.17) is 10.5 Å². The number of nitrogens with two attached hydrogens (primary N) is 1. The van der Waals surface area contributed by atoms with Crippen LogP contribution < -0.4 is 11.1 Å². The quantitative estimate of drug-likeness (QED) is 0.426. The molecule has 0 aliphatic heterocycles. The van der Waals surface area contributed by atoms with E-state index in [1.165, 1.54) is 0 Å². The molecule has 0 heterocycles. The van der Waals surface area contributed by atoms with Gasteiger partial charge in [-0.2, -0.15) is 0 Å². The van der Waals surface area contributed by atoms with Crippen LogP contribution in [0.3, 0.4) is 0 Å². The van der Waals surface area contributed by atoms with Gasteiger partial charge in [0.25, 0.3) is 0 Å². The van der Waals surface area contributed by atoms with Crippen molar-refractivity contribution in [3.63, 3.8) is 0 Å². The molecule has 0 saturated heterocycles. The monoisotopic (exact) mass is 286 g/mol. The number of aliphatic imine (C=N–C) groups is 1. The zero-order chi connectivity index (χ0) is 15.6. The molecule has 0 saturated carbocycles. The summed E-state index contributed by atoms with van der Waals surface area (Å²) in [4.78, 5) is 17.7. The molecule has 0 aromatic rings. The fourth-order valence-electron chi connectivity index (χ4n) is 1.58. The summed E-state index contributed by atoms with van der Waals surface area (Å²) < 4.78 is 5.14. The largest absolute Gasteiger partial charge is 0.444 e. The van der Waals surface area contributed by atoms with Gasteiger partial charge in [0.1, 0.15) is 5.60 Å². The molecule has 1 amide bonds. The average Bonchev–Trinajstić information content (AvgIpc) is 2.32. The van der Waals surface area contributed by atoms with Crippen LogP contribution in [0.15, 0.2) is 4.99 Å². The van der Waals surface area contributed by atoms with Crippen molar-refractivity contribution in [2.75, 3.05) is 26.2 Å². The van der Waals surface area contributed by atoms with Crippen molar-refractivity contribution < 1.29 is 9.53 Å². The Kier molecular flexibility index (Phi) is 8.76. The van der Waals surface area contributed by atoms with Crippen LogP contribution in [-0.2, 0) is 4.74 Å². The molecule has 0 radical (unpaired) electrons. The van der Waals surface area contributed by atoms with Crippen LogP contribution >= 0.6 is 0 Å². The van der Waals surface area contributed by atoms with Gasteiger partial charge in [-0.05, 0) is 47.5 Å². The van der Waals surface area contributed by atoms with Crippen LogP contribution in [0.5, 0.6) is 0 Å². The van der Waals surface area contributed by atoms with Crippen molar-refractivity contribution in [3.8, 4) is 0 Å². The second-order valence-electron chi connectivity index (χ2n) is 5.55. The number of carbonyl (C=O) groups excluding carboxylic acids is 1. The summed E-state index contributed by atoms with van der Waals surface area (Å²) in [6.07, 6.45) is 1.37. The van der Waals surface area contributed by atoms with Crippen molar-refractivity contribution >= 4 is 12.1 Å². The third kappa shape index (κ3) is 9.47. The van der Waals surface area contributed by atoms with E-state index in [2.05, 4.69) is 24.2 Å². The number of hydrogen-bond donors (Lipinski definition) is 2. The Balaban J connectivity index is 3.72. The molecule has 6 nitrogen and oxygen atoms in total. The lowest BCUT2D eigenvalue weighted by Crippen LogP contribution is -2.37. The van der Waals surface area contributed by atoms with E-state index in [-0.39, 0.29) is 6.09 Å². The van der Waals surface area contributed by atoms with Gasteiger partial charge in [0.15, 0.2) is 5.96 Å². The van der Waals surface area contributed by atoms with E-state index in [0.717, 1.165) is 25.9 Å². The summed E-state index contributed by atoms with van der Waals surface area (Å²) in [5.41, 5.74) is 5.41. The lowest BCUT2D eigenvalue weighted by atomic mass is 10.2. The molecule has 0 aromatic heterocycles. The highest BCUT2D eigenvalue weighted by Crippen LogP contribution is 2.06. The molecule has 0 rings (SSSR count). The second-order valence-corrected chi connectivity index (χ2v) is 5.55. The molecule has 0 spiro atoms. The highest BCUT2D eigenvalue weighted by atomic mass is 16.6. The Labute approximate surface area is 122 Å². The number of ether oxygens (including phenoxy) is 1. The molecule has 0 aliphatic carbocycles. The summed E-state index contributed by atoms with van der Waals surface area (Å²) in [7, 11) is 0. The van der Waals surface area contributed by atoms with Crippen molar-refractivity contribution in [2.24, 2.45) is 10.7 Å². The lowest BCUT2D eigenvalue weighted by Gasteiger charge is -2.20. The van der Waals surface area contributed by atoms with E-state index < -0.39 is 5.60 Å². The zero-order valence-electron chi connectivity index (χ0n) is 13.5. The van der Waals surface area contributed by atoms with Crippen LogP contribution in [-0.4, -0.2) is 48.7 Å². The van der Waals surface area contributed by atoms with Crippen molar-refractivity contribution in [1.82, 2.24) is 10.2 Å². The maximum atomic E-state index is 11.4. The minimum atomic E-state index is -0.452. The van der Waals surface area contributed by atoms with E-state index in [1.807, 2.05) is 25.7 Å². The smallest absolute Gasteiger partial charge is 0.407 e. The number of amides is 1. The lowest BCUT2D eigenvalue weighted by molar-refractivity contribution is 0.0527. The summed E-state index contributed by atoms with van der Waals surface area (Å²) in [6.45, 7) is 12.6. The van der Waals surface area contributed by atoms with Crippen LogP contribution in [0.1, 0.15) is 47.5 Å². The van der Waals surface area contributed by atoms with Gasteiger partial charge in [0.2, 0.25) is 0 Å². The van der Waals surface area contributed by atoms with Gasteiger partial charge in [-0.1, -0.05) is 0 Å². The Morgan fingerprint density at radius 1 is 1.25 bits per heavy atom. The third-order valence-corrected chi connectivity index (χ3v) is 2.61. The van der Waals surface area contributed by atoms with Gasteiger partial charge in [0.05, 0.1) is 0 Å². The molecular formula is C14H30N4O2. The molecule has 0 aliphatic rings. The molecule has 118 valence electrons. The first kappa shape index (κ1) is 18.5. The van der Waals surface area contributed by atoms with Crippen molar-refractivity contribution in [1.29, 1.82) is 0 Å². The summed E-state index contributed by atoms with van der Waals surface area (Å²) in [5.74, 6) is 0.593. The van der Waals surface area contributed by atoms with E-state index in [1.54, 1.807) is 0 Å². The zero-order valence-corrected chi connectivity index (χ0v) is 13.5. The van der Waals surface area contributed by atoms with Crippen LogP contribution in [0.4, 0.5) is 4.79 Å². The number of nitrogens with one attached hydrogen (secondary N) is 1. The molecule has 0 unspecified atom stereocenters. The van der Waals surface area contributed by atoms with E-state index in [9.17, 15) is 4.79 Å². The minimum absolute atomic E-state index is 0.372. The van der Waals surface area contributed by atoms with Gasteiger partial charge in [-0.15, -0.1) is 0 Å². The molecule has 0 atom stereocenters. The highest BCUT2D eigenvalue weighted by molar-refractivity contribution is 5.77. The highest BCUT2D eigenvalue weighted by Gasteiger charge is 2.15. The topological polar surface area (TPSA) is 80.0 Å². The van der Waals surface area contributed by atoms with Crippen molar-refractivity contribution in [3.05, 3.63) is 0 Å².